The third-order valence-electron chi connectivity index (χ3n) is 4.46. The van der Waals surface area contributed by atoms with Crippen molar-refractivity contribution in [1.82, 2.24) is 5.32 Å². The molecule has 0 spiro atoms. The Balaban J connectivity index is 1.65. The molecule has 2 N–H and O–H groups in total. The average molecular weight is 450 g/mol. The van der Waals surface area contributed by atoms with Crippen molar-refractivity contribution in [2.45, 2.75) is 26.2 Å². The Kier molecular flexibility index (Phi) is 6.73. The molecule has 0 saturated heterocycles. The number of halogens is 2. The minimum Gasteiger partial charge on any atom is -0.323 e. The predicted octanol–water partition coefficient (Wildman–Crippen LogP) is 5.58. The smallest absolute Gasteiger partial charge is 0.250 e. The standard InChI is InChI=1S/C20H17Cl2N3OS2/c1-11-2-6-14-15(10-23)19(28-17(14)8-11)25-20(27)24-18(26)7-4-12-3-5-13(21)9-16(12)22/h3-5,7,9,11H,2,6,8H2,1H3,(H2,24,25,26,27)/b7-4+/t11-/m0/s1. The summed E-state index contributed by atoms with van der Waals surface area (Å²) in [7, 11) is 0. The van der Waals surface area contributed by atoms with Gasteiger partial charge in [0, 0.05) is 21.0 Å². The molecule has 1 aliphatic carbocycles. The van der Waals surface area contributed by atoms with E-state index >= 15 is 0 Å². The highest BCUT2D eigenvalue weighted by atomic mass is 35.5. The lowest BCUT2D eigenvalue weighted by atomic mass is 9.89. The first kappa shape index (κ1) is 20.8. The molecule has 1 atom stereocenters. The number of thiophene rings is 1. The number of hydrogen-bond donors (Lipinski definition) is 2. The highest BCUT2D eigenvalue weighted by Gasteiger charge is 2.24. The zero-order valence-electron chi connectivity index (χ0n) is 15.0. The van der Waals surface area contributed by atoms with Crippen LogP contribution in [0.5, 0.6) is 0 Å². The van der Waals surface area contributed by atoms with Gasteiger partial charge in [-0.2, -0.15) is 5.26 Å². The SMILES string of the molecule is C[C@H]1CCc2c(sc(NC(=S)NC(=O)/C=C/c3ccc(Cl)cc3Cl)c2C#N)C1. The molecule has 0 unspecified atom stereocenters. The number of thiocarbonyl (C=S) groups is 1. The predicted molar refractivity (Wildman–Crippen MR) is 120 cm³/mol. The van der Waals surface area contributed by atoms with E-state index in [1.165, 1.54) is 22.3 Å². The van der Waals surface area contributed by atoms with E-state index in [-0.39, 0.29) is 5.11 Å². The second-order valence-corrected chi connectivity index (χ2v) is 8.97. The highest BCUT2D eigenvalue weighted by molar-refractivity contribution is 7.80. The summed E-state index contributed by atoms with van der Waals surface area (Å²) >= 11 is 18.7. The zero-order valence-corrected chi connectivity index (χ0v) is 18.2. The van der Waals surface area contributed by atoms with Crippen molar-refractivity contribution in [2.24, 2.45) is 5.92 Å². The number of nitrogens with one attached hydrogen (secondary N) is 2. The topological polar surface area (TPSA) is 64.9 Å². The van der Waals surface area contributed by atoms with Crippen LogP contribution in [0, 0.1) is 17.2 Å². The molecule has 0 aliphatic heterocycles. The van der Waals surface area contributed by atoms with Gasteiger partial charge in [0.1, 0.15) is 11.1 Å². The lowest BCUT2D eigenvalue weighted by Crippen LogP contribution is -2.32. The normalized spacial score (nSPS) is 15.7. The van der Waals surface area contributed by atoms with Crippen molar-refractivity contribution in [3.05, 3.63) is 55.9 Å². The molecular weight excluding hydrogens is 433 g/mol. The van der Waals surface area contributed by atoms with E-state index in [2.05, 4.69) is 23.6 Å². The largest absolute Gasteiger partial charge is 0.323 e. The summed E-state index contributed by atoms with van der Waals surface area (Å²) in [5, 5.41) is 16.9. The van der Waals surface area contributed by atoms with Gasteiger partial charge in [-0.05, 0) is 66.7 Å². The Labute approximate surface area is 183 Å². The molecule has 144 valence electrons. The number of benzene rings is 1. The molecule has 1 aromatic heterocycles. The van der Waals surface area contributed by atoms with Crippen LogP contribution in [0.3, 0.4) is 0 Å². The Morgan fingerprint density at radius 3 is 2.93 bits per heavy atom. The summed E-state index contributed by atoms with van der Waals surface area (Å²) in [6.45, 7) is 2.21. The molecule has 0 saturated carbocycles. The van der Waals surface area contributed by atoms with E-state index in [9.17, 15) is 10.1 Å². The van der Waals surface area contributed by atoms with Gasteiger partial charge in [0.05, 0.1) is 5.56 Å². The van der Waals surface area contributed by atoms with Gasteiger partial charge < -0.3 is 5.32 Å². The number of nitriles is 1. The second kappa shape index (κ2) is 9.06. The molecule has 0 fully saturated rings. The van der Waals surface area contributed by atoms with Gasteiger partial charge in [-0.1, -0.05) is 36.2 Å². The summed E-state index contributed by atoms with van der Waals surface area (Å²) in [5.74, 6) is 0.221. The number of hydrogen-bond acceptors (Lipinski definition) is 4. The summed E-state index contributed by atoms with van der Waals surface area (Å²) in [6, 6.07) is 7.30. The number of carbonyl (C=O) groups is 1. The zero-order chi connectivity index (χ0) is 20.3. The Hall–Kier alpha value is -1.91. The summed E-state index contributed by atoms with van der Waals surface area (Å²) in [4.78, 5) is 13.4. The molecule has 0 radical (unpaired) electrons. The summed E-state index contributed by atoms with van der Waals surface area (Å²) < 4.78 is 0. The fourth-order valence-electron chi connectivity index (χ4n) is 3.05. The minimum absolute atomic E-state index is 0.153. The van der Waals surface area contributed by atoms with Crippen LogP contribution >= 0.6 is 46.8 Å². The van der Waals surface area contributed by atoms with Gasteiger partial charge in [-0.25, -0.2) is 0 Å². The molecule has 8 heteroatoms. The second-order valence-electron chi connectivity index (χ2n) is 6.61. The van der Waals surface area contributed by atoms with E-state index < -0.39 is 5.91 Å². The molecule has 4 nitrogen and oxygen atoms in total. The number of nitrogens with zero attached hydrogens (tertiary/aromatic N) is 1. The number of amides is 1. The van der Waals surface area contributed by atoms with Gasteiger partial charge in [0.2, 0.25) is 5.91 Å². The van der Waals surface area contributed by atoms with E-state index in [1.807, 2.05) is 0 Å². The highest BCUT2D eigenvalue weighted by Crippen LogP contribution is 2.39. The minimum atomic E-state index is -0.392. The summed E-state index contributed by atoms with van der Waals surface area (Å²) in [5.41, 5.74) is 2.42. The van der Waals surface area contributed by atoms with E-state index in [0.717, 1.165) is 24.8 Å². The van der Waals surface area contributed by atoms with Crippen LogP contribution in [-0.4, -0.2) is 11.0 Å². The molecule has 28 heavy (non-hydrogen) atoms. The fraction of sp³-hybridized carbons (Fsp3) is 0.250. The third kappa shape index (κ3) is 4.92. The summed E-state index contributed by atoms with van der Waals surface area (Å²) in [6.07, 6.45) is 5.89. The van der Waals surface area contributed by atoms with Crippen molar-refractivity contribution < 1.29 is 4.79 Å². The van der Waals surface area contributed by atoms with E-state index in [0.29, 0.717) is 32.1 Å². The fourth-order valence-corrected chi connectivity index (χ4v) is 5.15. The van der Waals surface area contributed by atoms with Gasteiger partial charge in [-0.3, -0.25) is 10.1 Å². The molecule has 1 heterocycles. The lowest BCUT2D eigenvalue weighted by molar-refractivity contribution is -0.115. The first-order valence-electron chi connectivity index (χ1n) is 8.67. The van der Waals surface area contributed by atoms with Crippen LogP contribution in [0.1, 0.15) is 34.9 Å². The van der Waals surface area contributed by atoms with E-state index in [4.69, 9.17) is 35.4 Å². The lowest BCUT2D eigenvalue weighted by Gasteiger charge is -2.17. The Morgan fingerprint density at radius 2 is 2.21 bits per heavy atom. The molecule has 2 aromatic rings. The van der Waals surface area contributed by atoms with Crippen molar-refractivity contribution in [2.75, 3.05) is 5.32 Å². The Bertz CT molecular complexity index is 1010. The van der Waals surface area contributed by atoms with Crippen molar-refractivity contribution in [3.8, 4) is 6.07 Å². The first-order valence-corrected chi connectivity index (χ1v) is 10.6. The maximum Gasteiger partial charge on any atom is 0.250 e. The average Bonchev–Trinajstić information content (AvgIpc) is 2.96. The van der Waals surface area contributed by atoms with Crippen molar-refractivity contribution in [1.29, 1.82) is 5.26 Å². The number of carbonyl (C=O) groups excluding carboxylic acids is 1. The monoisotopic (exact) mass is 449 g/mol. The Morgan fingerprint density at radius 1 is 1.43 bits per heavy atom. The van der Waals surface area contributed by atoms with Gasteiger partial charge in [-0.15, -0.1) is 11.3 Å². The molecule has 0 bridgehead atoms. The molecule has 1 aliphatic rings. The molecule has 1 amide bonds. The maximum atomic E-state index is 12.1. The third-order valence-corrected chi connectivity index (χ3v) is 6.40. The van der Waals surface area contributed by atoms with Crippen LogP contribution in [-0.2, 0) is 17.6 Å². The number of fused-ring (bicyclic) bond motifs is 1. The van der Waals surface area contributed by atoms with Gasteiger partial charge in [0.25, 0.3) is 0 Å². The molecule has 3 rings (SSSR count). The van der Waals surface area contributed by atoms with E-state index in [1.54, 1.807) is 24.3 Å². The van der Waals surface area contributed by atoms with Gasteiger partial charge in [0.15, 0.2) is 5.11 Å². The quantitative estimate of drug-likeness (QED) is 0.474. The molecule has 1 aromatic carbocycles. The van der Waals surface area contributed by atoms with Crippen molar-refractivity contribution in [3.63, 3.8) is 0 Å². The van der Waals surface area contributed by atoms with Crippen molar-refractivity contribution >= 4 is 68.9 Å². The van der Waals surface area contributed by atoms with Crippen LogP contribution in [0.25, 0.3) is 6.08 Å². The van der Waals surface area contributed by atoms with Crippen LogP contribution in [0.15, 0.2) is 24.3 Å². The van der Waals surface area contributed by atoms with Crippen LogP contribution in [0.4, 0.5) is 5.00 Å². The van der Waals surface area contributed by atoms with Crippen LogP contribution in [0.2, 0.25) is 10.0 Å². The first-order chi connectivity index (χ1) is 13.4. The maximum absolute atomic E-state index is 12.1. The van der Waals surface area contributed by atoms with Gasteiger partial charge >= 0.3 is 0 Å². The van der Waals surface area contributed by atoms with Crippen LogP contribution < -0.4 is 10.6 Å². The molecular formula is C20H17Cl2N3OS2. The number of anilines is 1. The number of rotatable bonds is 3.